The van der Waals surface area contributed by atoms with Gasteiger partial charge < -0.3 is 24.8 Å². The highest BCUT2D eigenvalue weighted by Crippen LogP contribution is 2.24. The third-order valence-electron chi connectivity index (χ3n) is 6.68. The van der Waals surface area contributed by atoms with Crippen molar-refractivity contribution in [2.45, 2.75) is 52.5 Å². The highest BCUT2D eigenvalue weighted by atomic mass is 16.5. The van der Waals surface area contributed by atoms with Gasteiger partial charge in [-0.2, -0.15) is 0 Å². The number of hydrogen-bond donors (Lipinski definition) is 2. The van der Waals surface area contributed by atoms with E-state index < -0.39 is 22.9 Å². The predicted octanol–water partition coefficient (Wildman–Crippen LogP) is 4.52. The molecular weight excluding hydrogens is 494 g/mol. The summed E-state index contributed by atoms with van der Waals surface area (Å²) in [6.45, 7) is 7.60. The maximum atomic E-state index is 13.0. The Morgan fingerprint density at radius 3 is 2.31 bits per heavy atom. The van der Waals surface area contributed by atoms with E-state index in [1.165, 1.54) is 0 Å². The molecule has 0 fully saturated rings. The van der Waals surface area contributed by atoms with Crippen LogP contribution in [0.4, 0.5) is 23.0 Å². The summed E-state index contributed by atoms with van der Waals surface area (Å²) in [4.78, 5) is 44.6. The van der Waals surface area contributed by atoms with Gasteiger partial charge in [0, 0.05) is 32.2 Å². The first kappa shape index (κ1) is 27.9. The molecule has 0 spiro atoms. The van der Waals surface area contributed by atoms with Crippen LogP contribution in [0, 0.1) is 0 Å². The number of fused-ring (bicyclic) bond motifs is 1. The molecule has 206 valence electrons. The number of benzene rings is 2. The van der Waals surface area contributed by atoms with E-state index in [-0.39, 0.29) is 12.3 Å². The number of ether oxygens (including phenoxy) is 1. The fourth-order valence-electron chi connectivity index (χ4n) is 4.71. The molecule has 9 heteroatoms. The van der Waals surface area contributed by atoms with E-state index in [0.29, 0.717) is 31.6 Å². The van der Waals surface area contributed by atoms with Crippen molar-refractivity contribution in [3.8, 4) is 0 Å². The molecule has 0 saturated heterocycles. The lowest BCUT2D eigenvalue weighted by molar-refractivity contribution is -0.144. The number of aryl methyl sites for hydroxylation is 1. The molecule has 1 atom stereocenters. The Hall–Kier alpha value is -4.14. The predicted molar refractivity (Wildman–Crippen MR) is 157 cm³/mol. The normalized spacial score (nSPS) is 12.0. The maximum Gasteiger partial charge on any atom is 0.328 e. The van der Waals surface area contributed by atoms with Crippen molar-refractivity contribution < 1.29 is 9.53 Å². The summed E-state index contributed by atoms with van der Waals surface area (Å²) in [5.74, 6) is 0.276. The van der Waals surface area contributed by atoms with E-state index in [9.17, 15) is 14.4 Å². The second kappa shape index (κ2) is 12.6. The molecule has 1 heterocycles. The molecule has 1 aromatic heterocycles. The Morgan fingerprint density at radius 1 is 0.974 bits per heavy atom. The topological polar surface area (TPSA) is 106 Å². The Kier molecular flexibility index (Phi) is 9.01. The van der Waals surface area contributed by atoms with Gasteiger partial charge in [-0.15, -0.1) is 0 Å². The standard InChI is InChI=1S/C30H37N5O4/c1-5-16-35(17-6-2)26-25(27(36)28(26)37)32-23(29(38)39-18-7-3)19-20-12-14-21(15-13-20)31-30-33-22-10-8-9-11-24(22)34(30)4/h8-15,23,32H,5-7,16-19H2,1-4H3,(H,31,33)/t23-/m0/s1. The largest absolute Gasteiger partial charge is 0.464 e. The van der Waals surface area contributed by atoms with Crippen LogP contribution in [-0.2, 0) is 23.0 Å². The van der Waals surface area contributed by atoms with Crippen molar-refractivity contribution in [3.63, 3.8) is 0 Å². The van der Waals surface area contributed by atoms with Crippen LogP contribution in [0.1, 0.15) is 45.6 Å². The lowest BCUT2D eigenvalue weighted by Gasteiger charge is -2.28. The number of carbonyl (C=O) groups is 1. The molecule has 0 amide bonds. The number of carbonyl (C=O) groups excluding carboxylic acids is 1. The highest BCUT2D eigenvalue weighted by molar-refractivity contribution is 5.84. The molecule has 2 N–H and O–H groups in total. The summed E-state index contributed by atoms with van der Waals surface area (Å²) in [7, 11) is 1.96. The van der Waals surface area contributed by atoms with Gasteiger partial charge >= 0.3 is 5.97 Å². The van der Waals surface area contributed by atoms with Gasteiger partial charge in [0.25, 0.3) is 10.9 Å². The first-order valence-corrected chi connectivity index (χ1v) is 13.7. The number of rotatable bonds is 14. The van der Waals surface area contributed by atoms with E-state index in [0.717, 1.165) is 41.1 Å². The molecule has 4 aromatic rings. The van der Waals surface area contributed by atoms with Gasteiger partial charge in [0.15, 0.2) is 0 Å². The van der Waals surface area contributed by atoms with E-state index in [1.54, 1.807) is 0 Å². The molecule has 0 aliphatic carbocycles. The number of esters is 1. The zero-order chi connectivity index (χ0) is 27.9. The van der Waals surface area contributed by atoms with E-state index in [1.807, 2.05) is 85.8 Å². The first-order valence-electron chi connectivity index (χ1n) is 13.7. The minimum atomic E-state index is -0.803. The molecule has 0 bridgehead atoms. The quantitative estimate of drug-likeness (QED) is 0.181. The first-order chi connectivity index (χ1) is 18.9. The minimum absolute atomic E-state index is 0.209. The number of aromatic nitrogens is 2. The smallest absolute Gasteiger partial charge is 0.328 e. The number of imidazole rings is 1. The van der Waals surface area contributed by atoms with Crippen molar-refractivity contribution in [1.29, 1.82) is 0 Å². The summed E-state index contributed by atoms with van der Waals surface area (Å²) in [6, 6.07) is 14.8. The van der Waals surface area contributed by atoms with Crippen LogP contribution in [0.25, 0.3) is 11.0 Å². The van der Waals surface area contributed by atoms with Crippen molar-refractivity contribution in [1.82, 2.24) is 9.55 Å². The maximum absolute atomic E-state index is 13.0. The van der Waals surface area contributed by atoms with Gasteiger partial charge in [0.1, 0.15) is 17.4 Å². The summed E-state index contributed by atoms with van der Waals surface area (Å²) in [6.07, 6.45) is 2.67. The highest BCUT2D eigenvalue weighted by Gasteiger charge is 2.30. The average molecular weight is 532 g/mol. The second-order valence-corrected chi connectivity index (χ2v) is 9.74. The molecule has 0 radical (unpaired) electrons. The molecule has 39 heavy (non-hydrogen) atoms. The van der Waals surface area contributed by atoms with Crippen molar-refractivity contribution in [2.75, 3.05) is 35.2 Å². The lowest BCUT2D eigenvalue weighted by atomic mass is 10.0. The molecule has 9 nitrogen and oxygen atoms in total. The van der Waals surface area contributed by atoms with E-state index in [2.05, 4.69) is 15.6 Å². The SMILES string of the molecule is CCCOC(=O)[C@H](Cc1ccc(Nc2nc3ccccc3n2C)cc1)Nc1c(N(CCC)CCC)c(=O)c1=O. The number of anilines is 4. The molecule has 0 unspecified atom stereocenters. The Morgan fingerprint density at radius 2 is 1.67 bits per heavy atom. The summed E-state index contributed by atoms with van der Waals surface area (Å²) >= 11 is 0. The number of para-hydroxylation sites is 2. The number of hydrogen-bond acceptors (Lipinski definition) is 8. The second-order valence-electron chi connectivity index (χ2n) is 9.74. The van der Waals surface area contributed by atoms with Crippen molar-refractivity contribution in [3.05, 3.63) is 74.5 Å². The van der Waals surface area contributed by atoms with Gasteiger partial charge in [-0.25, -0.2) is 9.78 Å². The van der Waals surface area contributed by atoms with Gasteiger partial charge in [0.2, 0.25) is 5.95 Å². The minimum Gasteiger partial charge on any atom is -0.464 e. The fraction of sp³-hybridized carbons (Fsp3) is 0.400. The molecule has 4 rings (SSSR count). The van der Waals surface area contributed by atoms with Crippen LogP contribution >= 0.6 is 0 Å². The average Bonchev–Trinajstić information content (AvgIpc) is 3.26. The van der Waals surface area contributed by atoms with Crippen LogP contribution < -0.4 is 26.4 Å². The number of nitrogens with one attached hydrogen (secondary N) is 2. The lowest BCUT2D eigenvalue weighted by Crippen LogP contribution is -2.46. The van der Waals surface area contributed by atoms with Crippen LogP contribution in [-0.4, -0.2) is 41.3 Å². The third-order valence-corrected chi connectivity index (χ3v) is 6.68. The Balaban J connectivity index is 1.53. The van der Waals surface area contributed by atoms with E-state index >= 15 is 0 Å². The van der Waals surface area contributed by atoms with Gasteiger partial charge in [0.05, 0.1) is 17.6 Å². The third kappa shape index (κ3) is 6.13. The fourth-order valence-corrected chi connectivity index (χ4v) is 4.71. The summed E-state index contributed by atoms with van der Waals surface area (Å²) in [5, 5.41) is 6.42. The number of nitrogens with zero attached hydrogens (tertiary/aromatic N) is 3. The van der Waals surface area contributed by atoms with Crippen LogP contribution in [0.5, 0.6) is 0 Å². The Bertz CT molecular complexity index is 1480. The summed E-state index contributed by atoms with van der Waals surface area (Å²) < 4.78 is 7.43. The molecule has 0 saturated carbocycles. The van der Waals surface area contributed by atoms with Gasteiger partial charge in [-0.05, 0) is 49.1 Å². The molecule has 0 aliphatic rings. The zero-order valence-electron chi connectivity index (χ0n) is 23.1. The van der Waals surface area contributed by atoms with Gasteiger partial charge in [-0.3, -0.25) is 9.59 Å². The Labute approximate surface area is 228 Å². The molecule has 0 aliphatic heterocycles. The van der Waals surface area contributed by atoms with Gasteiger partial charge in [-0.1, -0.05) is 45.0 Å². The molecular formula is C30H37N5O4. The zero-order valence-corrected chi connectivity index (χ0v) is 23.1. The van der Waals surface area contributed by atoms with E-state index in [4.69, 9.17) is 4.74 Å². The molecule has 3 aromatic carbocycles. The van der Waals surface area contributed by atoms with Crippen molar-refractivity contribution >= 4 is 40.0 Å². The summed E-state index contributed by atoms with van der Waals surface area (Å²) in [5.41, 5.74) is 3.18. The van der Waals surface area contributed by atoms with Crippen molar-refractivity contribution in [2.24, 2.45) is 7.05 Å². The monoisotopic (exact) mass is 531 g/mol. The van der Waals surface area contributed by atoms with Crippen LogP contribution in [0.3, 0.4) is 0 Å². The van der Waals surface area contributed by atoms with Crippen LogP contribution in [0.2, 0.25) is 0 Å². The van der Waals surface area contributed by atoms with Crippen LogP contribution in [0.15, 0.2) is 58.1 Å².